The van der Waals surface area contributed by atoms with Crippen LogP contribution in [0.2, 0.25) is 5.02 Å². The van der Waals surface area contributed by atoms with Gasteiger partial charge >= 0.3 is 0 Å². The Morgan fingerprint density at radius 1 is 0.938 bits per heavy atom. The molecule has 0 aliphatic heterocycles. The number of hydrogen-bond acceptors (Lipinski definition) is 8. The van der Waals surface area contributed by atoms with E-state index >= 15 is 8.78 Å². The van der Waals surface area contributed by atoms with E-state index in [0.29, 0.717) is 30.0 Å². The van der Waals surface area contributed by atoms with Crippen LogP contribution in [-0.2, 0) is 10.0 Å². The number of likely N-dealkylation sites (N-methyl/N-ethyl adjacent to an activating group) is 2. The number of rotatable bonds is 10. The highest BCUT2D eigenvalue weighted by atomic mass is 35.5. The molecule has 0 fully saturated rings. The quantitative estimate of drug-likeness (QED) is 0.177. The van der Waals surface area contributed by atoms with Crippen molar-refractivity contribution in [3.63, 3.8) is 0 Å². The van der Waals surface area contributed by atoms with Crippen molar-refractivity contribution in [3.8, 4) is 5.82 Å². The number of amides is 1. The van der Waals surface area contributed by atoms with Gasteiger partial charge in [-0.15, -0.1) is 0 Å². The first-order valence-corrected chi connectivity index (χ1v) is 16.5. The Kier molecular flexibility index (Phi) is 8.97. The maximum absolute atomic E-state index is 15.8. The van der Waals surface area contributed by atoms with Gasteiger partial charge in [-0.3, -0.25) is 9.52 Å². The summed E-state index contributed by atoms with van der Waals surface area (Å²) >= 11 is 6.05. The minimum absolute atomic E-state index is 0.0399. The van der Waals surface area contributed by atoms with Gasteiger partial charge in [0, 0.05) is 31.7 Å². The molecule has 3 heterocycles. The summed E-state index contributed by atoms with van der Waals surface area (Å²) in [6, 6.07) is 18.3. The number of carbonyl (C=O) groups excluding carboxylic acids is 1. The Hall–Kier alpha value is -5.18. The lowest BCUT2D eigenvalue weighted by Gasteiger charge is -2.19. The van der Waals surface area contributed by atoms with E-state index in [0.717, 1.165) is 23.0 Å². The number of sulfonamides is 1. The van der Waals surface area contributed by atoms with Crippen LogP contribution in [0, 0.1) is 11.6 Å². The predicted molar refractivity (Wildman–Crippen MR) is 182 cm³/mol. The van der Waals surface area contributed by atoms with Crippen molar-refractivity contribution in [2.75, 3.05) is 44.3 Å². The van der Waals surface area contributed by atoms with Crippen LogP contribution in [0.4, 0.5) is 26.0 Å². The van der Waals surface area contributed by atoms with Crippen LogP contribution in [0.5, 0.6) is 0 Å². The van der Waals surface area contributed by atoms with Gasteiger partial charge < -0.3 is 19.7 Å². The first-order valence-electron chi connectivity index (χ1n) is 14.6. The van der Waals surface area contributed by atoms with Gasteiger partial charge in [-0.25, -0.2) is 32.2 Å². The van der Waals surface area contributed by atoms with Gasteiger partial charge in [0.05, 0.1) is 27.3 Å². The smallest absolute Gasteiger partial charge is 0.263 e. The molecule has 0 unspecified atom stereocenters. The van der Waals surface area contributed by atoms with Gasteiger partial charge in [-0.05, 0) is 56.6 Å². The van der Waals surface area contributed by atoms with E-state index < -0.39 is 33.0 Å². The molecule has 0 aliphatic rings. The number of para-hydroxylation sites is 1. The number of pyridine rings is 1. The first kappa shape index (κ1) is 32.7. The van der Waals surface area contributed by atoms with Crippen molar-refractivity contribution < 1.29 is 22.0 Å². The van der Waals surface area contributed by atoms with Crippen molar-refractivity contribution in [2.45, 2.75) is 4.90 Å². The van der Waals surface area contributed by atoms with Gasteiger partial charge in [-0.1, -0.05) is 41.9 Å². The summed E-state index contributed by atoms with van der Waals surface area (Å²) in [7, 11) is 1.30. The number of anilines is 3. The van der Waals surface area contributed by atoms with E-state index in [-0.39, 0.29) is 27.2 Å². The second-order valence-corrected chi connectivity index (χ2v) is 13.2. The van der Waals surface area contributed by atoms with E-state index in [1.807, 2.05) is 43.3 Å². The van der Waals surface area contributed by atoms with Crippen molar-refractivity contribution in [2.24, 2.45) is 0 Å². The zero-order chi connectivity index (χ0) is 34.2. The van der Waals surface area contributed by atoms with E-state index in [2.05, 4.69) is 20.0 Å². The molecule has 15 heteroatoms. The first-order chi connectivity index (χ1) is 22.9. The Morgan fingerprint density at radius 2 is 1.69 bits per heavy atom. The maximum atomic E-state index is 15.8. The number of nitrogens with zero attached hydrogens (tertiary/aromatic N) is 6. The molecule has 0 radical (unpaired) electrons. The van der Waals surface area contributed by atoms with E-state index in [1.54, 1.807) is 40.9 Å². The predicted octanol–water partition coefficient (Wildman–Crippen LogP) is 6.08. The Morgan fingerprint density at radius 3 is 2.46 bits per heavy atom. The van der Waals surface area contributed by atoms with Gasteiger partial charge in [0.15, 0.2) is 11.6 Å². The fourth-order valence-electron chi connectivity index (χ4n) is 5.08. The lowest BCUT2D eigenvalue weighted by Crippen LogP contribution is -2.33. The third-order valence-corrected chi connectivity index (χ3v) is 9.46. The number of nitrogens with one attached hydrogen (secondary N) is 2. The third-order valence-electron chi connectivity index (χ3n) is 7.59. The summed E-state index contributed by atoms with van der Waals surface area (Å²) in [6.07, 6.45) is 2.91. The van der Waals surface area contributed by atoms with Gasteiger partial charge in [-0.2, -0.15) is 0 Å². The largest absolute Gasteiger partial charge is 0.340 e. The zero-order valence-electron chi connectivity index (χ0n) is 25.9. The SMILES string of the molecule is CN(C)CCN(C)C(=O)c1cn(-c2ccc3ncnc(Nc4c(F)ccc(NS(=O)(=O)c5ccccc5Cl)c4F)c3n2)c2ccccc12. The van der Waals surface area contributed by atoms with Crippen LogP contribution < -0.4 is 10.0 Å². The third kappa shape index (κ3) is 6.37. The highest BCUT2D eigenvalue weighted by Gasteiger charge is 2.24. The van der Waals surface area contributed by atoms with Crippen LogP contribution in [0.15, 0.2) is 90.2 Å². The van der Waals surface area contributed by atoms with Gasteiger partial charge in [0.25, 0.3) is 15.9 Å². The molecule has 246 valence electrons. The summed E-state index contributed by atoms with van der Waals surface area (Å²) in [5.74, 6) is -2.02. The average Bonchev–Trinajstić information content (AvgIpc) is 3.46. The molecule has 11 nitrogen and oxygen atoms in total. The topological polar surface area (TPSA) is 125 Å². The van der Waals surface area contributed by atoms with Gasteiger partial charge in [0.1, 0.15) is 34.1 Å². The number of halogens is 3. The maximum Gasteiger partial charge on any atom is 0.263 e. The molecule has 0 bridgehead atoms. The van der Waals surface area contributed by atoms with Crippen LogP contribution in [0.25, 0.3) is 27.8 Å². The Labute approximate surface area is 279 Å². The summed E-state index contributed by atoms with van der Waals surface area (Å²) in [6.45, 7) is 1.22. The Bertz CT molecular complexity index is 2300. The number of hydrogen-bond donors (Lipinski definition) is 2. The molecular formula is C33H29ClF2N8O3S. The summed E-state index contributed by atoms with van der Waals surface area (Å²) < 4.78 is 60.7. The molecular weight excluding hydrogens is 662 g/mol. The van der Waals surface area contributed by atoms with Crippen molar-refractivity contribution >= 4 is 66.7 Å². The van der Waals surface area contributed by atoms with E-state index in [1.165, 1.54) is 24.5 Å². The van der Waals surface area contributed by atoms with E-state index in [9.17, 15) is 13.2 Å². The fourth-order valence-corrected chi connectivity index (χ4v) is 6.66. The lowest BCUT2D eigenvalue weighted by molar-refractivity contribution is 0.0788. The molecule has 6 aromatic rings. The fraction of sp³-hybridized carbons (Fsp3) is 0.152. The monoisotopic (exact) mass is 690 g/mol. The summed E-state index contributed by atoms with van der Waals surface area (Å²) in [4.78, 5) is 30.0. The number of benzene rings is 3. The molecule has 48 heavy (non-hydrogen) atoms. The zero-order valence-corrected chi connectivity index (χ0v) is 27.5. The number of aromatic nitrogens is 4. The van der Waals surface area contributed by atoms with Crippen molar-refractivity contribution in [1.82, 2.24) is 29.3 Å². The molecule has 0 aliphatic carbocycles. The second-order valence-electron chi connectivity index (χ2n) is 11.2. The summed E-state index contributed by atoms with van der Waals surface area (Å²) in [5, 5.41) is 3.30. The molecule has 0 saturated heterocycles. The molecule has 6 rings (SSSR count). The molecule has 0 atom stereocenters. The average molecular weight is 691 g/mol. The molecule has 0 spiro atoms. The van der Waals surface area contributed by atoms with Crippen LogP contribution in [0.1, 0.15) is 10.4 Å². The molecule has 3 aromatic carbocycles. The minimum atomic E-state index is -4.32. The molecule has 0 saturated carbocycles. The van der Waals surface area contributed by atoms with Crippen molar-refractivity contribution in [1.29, 1.82) is 0 Å². The summed E-state index contributed by atoms with van der Waals surface area (Å²) in [5.41, 5.74) is 0.555. The van der Waals surface area contributed by atoms with Crippen LogP contribution in [-0.4, -0.2) is 77.9 Å². The Balaban J connectivity index is 1.38. The number of fused-ring (bicyclic) bond motifs is 2. The van der Waals surface area contributed by atoms with Crippen LogP contribution in [0.3, 0.4) is 0 Å². The minimum Gasteiger partial charge on any atom is -0.340 e. The standard InChI is InChI=1S/C33H29ClF2N8O3S/c1-42(2)16-17-43(3)33(45)21-18-44(26-10-6-4-8-20(21)26)28-15-14-25-31(39-28)32(38-19-37-25)40-30-23(35)12-13-24(29(30)36)41-48(46,47)27-11-7-5-9-22(27)34/h4-15,18-19,41H,16-17H2,1-3H3,(H,37,38,40). The second kappa shape index (κ2) is 13.1. The van der Waals surface area contributed by atoms with Crippen LogP contribution >= 0.6 is 11.6 Å². The highest BCUT2D eigenvalue weighted by Crippen LogP contribution is 2.33. The molecule has 3 aromatic heterocycles. The molecule has 1 amide bonds. The van der Waals surface area contributed by atoms with Gasteiger partial charge in [0.2, 0.25) is 0 Å². The van der Waals surface area contributed by atoms with E-state index in [4.69, 9.17) is 16.6 Å². The normalized spacial score (nSPS) is 11.7. The number of carbonyl (C=O) groups is 1. The molecule has 2 N–H and O–H groups in total. The van der Waals surface area contributed by atoms with Crippen molar-refractivity contribution in [3.05, 3.63) is 108 Å². The lowest BCUT2D eigenvalue weighted by atomic mass is 10.1. The highest BCUT2D eigenvalue weighted by molar-refractivity contribution is 7.92.